The number of Topliss-reactive ketones (excluding diaryl/α,β-unsaturated/α-hetero) is 1. The molecule has 7 heteroatoms. The van der Waals surface area contributed by atoms with Crippen LogP contribution < -0.4 is 23.7 Å². The average molecular weight is 344 g/mol. The molecule has 4 rings (SSSR count). The largest absolute Gasteiger partial charge is 0.496 e. The minimum absolute atomic E-state index is 0.132. The molecule has 0 aromatic heterocycles. The van der Waals surface area contributed by atoms with Crippen molar-refractivity contribution in [1.29, 1.82) is 0 Å². The lowest BCUT2D eigenvalue weighted by atomic mass is 9.87. The molecule has 0 saturated carbocycles. The maximum absolute atomic E-state index is 13.1. The summed E-state index contributed by atoms with van der Waals surface area (Å²) in [5.74, 6) is 0.964. The zero-order valence-electron chi connectivity index (χ0n) is 13.6. The van der Waals surface area contributed by atoms with Gasteiger partial charge in [0.1, 0.15) is 28.7 Å². The van der Waals surface area contributed by atoms with Gasteiger partial charge in [-0.1, -0.05) is 6.07 Å². The van der Waals surface area contributed by atoms with Crippen LogP contribution >= 0.6 is 0 Å². The molecular weight excluding hydrogens is 328 g/mol. The van der Waals surface area contributed by atoms with E-state index in [1.807, 2.05) is 0 Å². The molecule has 2 aliphatic rings. The number of hydrogen-bond acceptors (Lipinski definition) is 7. The van der Waals surface area contributed by atoms with E-state index in [9.17, 15) is 9.90 Å². The highest BCUT2D eigenvalue weighted by molar-refractivity contribution is 6.07. The molecular formula is C18H16O7. The molecule has 0 fully saturated rings. The van der Waals surface area contributed by atoms with Gasteiger partial charge in [0.2, 0.25) is 13.1 Å². The van der Waals surface area contributed by atoms with Crippen LogP contribution in [0, 0.1) is 0 Å². The SMILES string of the molecule is COc1cc(OC)c2c(c1)OC(O)C(c1ccc3c(c1)OCO3)C2=O. The van der Waals surface area contributed by atoms with Gasteiger partial charge in [-0.05, 0) is 17.7 Å². The van der Waals surface area contributed by atoms with E-state index >= 15 is 0 Å². The van der Waals surface area contributed by atoms with Crippen molar-refractivity contribution in [2.45, 2.75) is 12.2 Å². The summed E-state index contributed by atoms with van der Waals surface area (Å²) < 4.78 is 26.7. The van der Waals surface area contributed by atoms with Crippen molar-refractivity contribution in [2.75, 3.05) is 21.0 Å². The first kappa shape index (κ1) is 15.6. The van der Waals surface area contributed by atoms with Gasteiger partial charge in [-0.3, -0.25) is 4.79 Å². The highest BCUT2D eigenvalue weighted by Crippen LogP contribution is 2.44. The van der Waals surface area contributed by atoms with Crippen LogP contribution in [0.15, 0.2) is 30.3 Å². The summed E-state index contributed by atoms with van der Waals surface area (Å²) in [5.41, 5.74) is 0.849. The number of methoxy groups -OCH3 is 2. The Labute approximate surface area is 143 Å². The Morgan fingerprint density at radius 2 is 1.84 bits per heavy atom. The second kappa shape index (κ2) is 5.86. The number of benzene rings is 2. The first-order chi connectivity index (χ1) is 12.1. The molecule has 0 aliphatic carbocycles. The highest BCUT2D eigenvalue weighted by Gasteiger charge is 2.40. The fourth-order valence-corrected chi connectivity index (χ4v) is 3.09. The van der Waals surface area contributed by atoms with Gasteiger partial charge in [-0.2, -0.15) is 0 Å². The predicted molar refractivity (Wildman–Crippen MR) is 85.8 cm³/mol. The molecule has 130 valence electrons. The number of carbonyl (C=O) groups is 1. The molecule has 0 saturated heterocycles. The zero-order valence-corrected chi connectivity index (χ0v) is 13.6. The van der Waals surface area contributed by atoms with E-state index < -0.39 is 12.2 Å². The fourth-order valence-electron chi connectivity index (χ4n) is 3.09. The number of aliphatic hydroxyl groups excluding tert-OH is 1. The number of hydrogen-bond donors (Lipinski definition) is 1. The first-order valence-corrected chi connectivity index (χ1v) is 7.67. The molecule has 0 amide bonds. The van der Waals surface area contributed by atoms with Crippen LogP contribution in [0.1, 0.15) is 21.8 Å². The van der Waals surface area contributed by atoms with E-state index in [1.54, 1.807) is 30.3 Å². The van der Waals surface area contributed by atoms with Crippen molar-refractivity contribution >= 4 is 5.78 Å². The molecule has 2 heterocycles. The van der Waals surface area contributed by atoms with E-state index in [0.717, 1.165) is 0 Å². The molecule has 2 unspecified atom stereocenters. The van der Waals surface area contributed by atoms with Crippen LogP contribution in [-0.2, 0) is 0 Å². The molecule has 7 nitrogen and oxygen atoms in total. The van der Waals surface area contributed by atoms with Gasteiger partial charge in [0.05, 0.1) is 14.2 Å². The lowest BCUT2D eigenvalue weighted by Gasteiger charge is -2.30. The van der Waals surface area contributed by atoms with E-state index in [2.05, 4.69) is 0 Å². The summed E-state index contributed by atoms with van der Waals surface area (Å²) in [7, 11) is 2.96. The average Bonchev–Trinajstić information content (AvgIpc) is 3.08. The Balaban J connectivity index is 1.79. The van der Waals surface area contributed by atoms with E-state index in [1.165, 1.54) is 14.2 Å². The maximum atomic E-state index is 13.1. The molecule has 2 aromatic carbocycles. The van der Waals surface area contributed by atoms with Gasteiger partial charge < -0.3 is 28.8 Å². The van der Waals surface area contributed by atoms with Crippen molar-refractivity contribution in [3.63, 3.8) is 0 Å². The molecule has 1 N–H and O–H groups in total. The summed E-state index contributed by atoms with van der Waals surface area (Å²) in [6, 6.07) is 8.25. The number of ether oxygens (including phenoxy) is 5. The van der Waals surface area contributed by atoms with Gasteiger partial charge >= 0.3 is 0 Å². The third-order valence-electron chi connectivity index (χ3n) is 4.31. The Morgan fingerprint density at radius 3 is 2.60 bits per heavy atom. The summed E-state index contributed by atoms with van der Waals surface area (Å²) in [5, 5.41) is 10.4. The fraction of sp³-hybridized carbons (Fsp3) is 0.278. The predicted octanol–water partition coefficient (Wildman–Crippen LogP) is 2.11. The van der Waals surface area contributed by atoms with Gasteiger partial charge in [-0.25, -0.2) is 0 Å². The van der Waals surface area contributed by atoms with Crippen LogP contribution in [0.4, 0.5) is 0 Å². The van der Waals surface area contributed by atoms with Crippen LogP contribution in [0.5, 0.6) is 28.7 Å². The van der Waals surface area contributed by atoms with Gasteiger partial charge in [0.15, 0.2) is 17.3 Å². The molecule has 0 spiro atoms. The van der Waals surface area contributed by atoms with Crippen LogP contribution in [0.3, 0.4) is 0 Å². The minimum atomic E-state index is -1.34. The quantitative estimate of drug-likeness (QED) is 0.913. The van der Waals surface area contributed by atoms with Crippen molar-refractivity contribution in [1.82, 2.24) is 0 Å². The Bertz CT molecular complexity index is 846. The van der Waals surface area contributed by atoms with Gasteiger partial charge in [-0.15, -0.1) is 0 Å². The lowest BCUT2D eigenvalue weighted by Crippen LogP contribution is -2.36. The second-order valence-corrected chi connectivity index (χ2v) is 5.67. The molecule has 25 heavy (non-hydrogen) atoms. The van der Waals surface area contributed by atoms with E-state index in [0.29, 0.717) is 28.6 Å². The standard InChI is InChI=1S/C18H16O7/c1-21-10-6-13(22-2)16-14(7-10)25-18(20)15(17(16)19)9-3-4-11-12(5-9)24-8-23-11/h3-7,15,18,20H,8H2,1-2H3. The van der Waals surface area contributed by atoms with Crippen molar-refractivity contribution in [3.8, 4) is 28.7 Å². The van der Waals surface area contributed by atoms with Crippen molar-refractivity contribution in [3.05, 3.63) is 41.5 Å². The van der Waals surface area contributed by atoms with E-state index in [-0.39, 0.29) is 23.9 Å². The van der Waals surface area contributed by atoms with Crippen molar-refractivity contribution < 1.29 is 33.6 Å². The summed E-state index contributed by atoms with van der Waals surface area (Å²) in [6.45, 7) is 0.132. The Hall–Kier alpha value is -2.93. The summed E-state index contributed by atoms with van der Waals surface area (Å²) in [4.78, 5) is 13.1. The second-order valence-electron chi connectivity index (χ2n) is 5.67. The van der Waals surface area contributed by atoms with E-state index in [4.69, 9.17) is 23.7 Å². The van der Waals surface area contributed by atoms with Crippen molar-refractivity contribution in [2.24, 2.45) is 0 Å². The van der Waals surface area contributed by atoms with Crippen LogP contribution in [0.25, 0.3) is 0 Å². The highest BCUT2D eigenvalue weighted by atomic mass is 16.7. The Kier molecular flexibility index (Phi) is 3.65. The molecule has 2 atom stereocenters. The van der Waals surface area contributed by atoms with Gasteiger partial charge in [0.25, 0.3) is 0 Å². The van der Waals surface area contributed by atoms with Crippen LogP contribution in [-0.4, -0.2) is 38.2 Å². The maximum Gasteiger partial charge on any atom is 0.231 e. The summed E-state index contributed by atoms with van der Waals surface area (Å²) in [6.07, 6.45) is -1.34. The summed E-state index contributed by atoms with van der Waals surface area (Å²) >= 11 is 0. The monoisotopic (exact) mass is 344 g/mol. The zero-order chi connectivity index (χ0) is 17.6. The third kappa shape index (κ3) is 2.44. The Morgan fingerprint density at radius 1 is 1.04 bits per heavy atom. The lowest BCUT2D eigenvalue weighted by molar-refractivity contribution is -0.0389. The molecule has 0 radical (unpaired) electrons. The number of rotatable bonds is 3. The van der Waals surface area contributed by atoms with Gasteiger partial charge in [0, 0.05) is 12.1 Å². The normalized spacial score (nSPS) is 20.7. The first-order valence-electron chi connectivity index (χ1n) is 7.67. The molecule has 2 aliphatic heterocycles. The molecule has 0 bridgehead atoms. The molecule has 2 aromatic rings. The number of carbonyl (C=O) groups excluding carboxylic acids is 1. The van der Waals surface area contributed by atoms with Crippen LogP contribution in [0.2, 0.25) is 0 Å². The topological polar surface area (TPSA) is 83.5 Å². The number of ketones is 1. The smallest absolute Gasteiger partial charge is 0.231 e. The third-order valence-corrected chi connectivity index (χ3v) is 4.31. The minimum Gasteiger partial charge on any atom is -0.496 e. The number of aliphatic hydroxyl groups is 1. The number of fused-ring (bicyclic) bond motifs is 2.